The highest BCUT2D eigenvalue weighted by molar-refractivity contribution is 7.86. The van der Waals surface area contributed by atoms with E-state index in [0.29, 0.717) is 4.90 Å². The van der Waals surface area contributed by atoms with E-state index in [1.807, 2.05) is 0 Å². The molecule has 0 bridgehead atoms. The van der Waals surface area contributed by atoms with Crippen molar-refractivity contribution in [3.05, 3.63) is 12.2 Å². The first kappa shape index (κ1) is 31.0. The largest absolute Gasteiger partial charge is 0.466 e. The first-order chi connectivity index (χ1) is 14.7. The number of hydrogen-bond donors (Lipinski definition) is 1. The summed E-state index contributed by atoms with van der Waals surface area (Å²) in [6, 6.07) is 0. The number of esters is 1. The van der Waals surface area contributed by atoms with E-state index in [0.717, 1.165) is 0 Å². The lowest BCUT2D eigenvalue weighted by Crippen LogP contribution is -2.63. The van der Waals surface area contributed by atoms with Gasteiger partial charge < -0.3 is 14.4 Å². The van der Waals surface area contributed by atoms with Crippen molar-refractivity contribution in [2.45, 2.75) is 56.5 Å². The van der Waals surface area contributed by atoms with Crippen molar-refractivity contribution in [1.29, 1.82) is 0 Å². The summed E-state index contributed by atoms with van der Waals surface area (Å²) in [6.45, 7) is 2.23. The van der Waals surface area contributed by atoms with Gasteiger partial charge in [-0.3, -0.25) is 9.35 Å². The average Bonchev–Trinajstić information content (AvgIpc) is 2.62. The third-order valence-corrected chi connectivity index (χ3v) is 4.79. The molecule has 0 saturated heterocycles. The van der Waals surface area contributed by atoms with Crippen LogP contribution in [0, 0.1) is 0 Å². The molecule has 1 atom stereocenters. The van der Waals surface area contributed by atoms with Crippen molar-refractivity contribution in [2.24, 2.45) is 0 Å². The van der Waals surface area contributed by atoms with Crippen molar-refractivity contribution in [2.75, 3.05) is 19.7 Å². The first-order valence-corrected chi connectivity index (χ1v) is 10.5. The first-order valence-electron chi connectivity index (χ1n) is 9.02. The van der Waals surface area contributed by atoms with Gasteiger partial charge in [0.25, 0.3) is 0 Å². The van der Waals surface area contributed by atoms with Gasteiger partial charge in [-0.15, -0.1) is 0 Å². The molecule has 0 aromatic heterocycles. The molecule has 0 heterocycles. The zero-order valence-electron chi connectivity index (χ0n) is 17.2. The van der Waals surface area contributed by atoms with E-state index in [1.165, 1.54) is 13.8 Å². The van der Waals surface area contributed by atoms with Gasteiger partial charge in [-0.1, -0.05) is 20.4 Å². The molecule has 194 valence electrons. The second-order valence-corrected chi connectivity index (χ2v) is 8.03. The Bertz CT molecular complexity index is 820. The number of amides is 1. The van der Waals surface area contributed by atoms with Crippen LogP contribution >= 0.6 is 0 Å². The number of hydrogen-bond acceptors (Lipinski definition) is 6. The lowest BCUT2D eigenvalue weighted by molar-refractivity contribution is -0.352. The van der Waals surface area contributed by atoms with Gasteiger partial charge in [-0.05, 0) is 12.8 Å². The van der Waals surface area contributed by atoms with E-state index in [9.17, 15) is 53.1 Å². The van der Waals surface area contributed by atoms with E-state index >= 15 is 0 Å². The van der Waals surface area contributed by atoms with Gasteiger partial charge in [0.2, 0.25) is 0 Å². The molecule has 8 nitrogen and oxygen atoms in total. The second kappa shape index (κ2) is 10.9. The predicted octanol–water partition coefficient (Wildman–Crippen LogP) is 3.44. The maximum Gasteiger partial charge on any atom is 0.466 e. The summed E-state index contributed by atoms with van der Waals surface area (Å²) in [5.74, 6) is -9.88. The fraction of sp³-hybridized carbons (Fsp3) is 0.750. The van der Waals surface area contributed by atoms with Crippen molar-refractivity contribution in [3.8, 4) is 0 Å². The fourth-order valence-corrected chi connectivity index (χ4v) is 2.55. The summed E-state index contributed by atoms with van der Waals surface area (Å²) >= 11 is 0. The molecule has 33 heavy (non-hydrogen) atoms. The van der Waals surface area contributed by atoms with E-state index in [-0.39, 0.29) is 12.8 Å². The smallest absolute Gasteiger partial charge is 0.412 e. The van der Waals surface area contributed by atoms with Crippen molar-refractivity contribution < 1.29 is 67.2 Å². The van der Waals surface area contributed by atoms with Crippen LogP contribution in [0.4, 0.5) is 35.1 Å². The zero-order chi connectivity index (χ0) is 26.5. The SMILES string of the molecule is C=C(C(=O)OC(OCCC(F)(F)S(=O)(=O)O)(C(=O)N(CCC)CCC)C(F)(F)F)C(F)(F)F. The number of carbonyl (C=O) groups excluding carboxylic acids is 2. The molecule has 17 heteroatoms. The van der Waals surface area contributed by atoms with E-state index in [2.05, 4.69) is 16.1 Å². The minimum absolute atomic E-state index is 0.0315. The molecule has 0 aliphatic heterocycles. The Hall–Kier alpha value is -2.01. The maximum atomic E-state index is 13.9. The van der Waals surface area contributed by atoms with Crippen molar-refractivity contribution >= 4 is 22.0 Å². The van der Waals surface area contributed by atoms with Crippen LogP contribution in [0.15, 0.2) is 12.2 Å². The second-order valence-electron chi connectivity index (χ2n) is 6.48. The third kappa shape index (κ3) is 7.77. The Morgan fingerprint density at radius 1 is 0.970 bits per heavy atom. The highest BCUT2D eigenvalue weighted by atomic mass is 32.2. The normalized spacial score (nSPS) is 15.0. The molecule has 1 N–H and O–H groups in total. The highest BCUT2D eigenvalue weighted by Crippen LogP contribution is 2.39. The minimum Gasteiger partial charge on any atom is -0.412 e. The zero-order valence-corrected chi connectivity index (χ0v) is 18.0. The van der Waals surface area contributed by atoms with Crippen LogP contribution < -0.4 is 0 Å². The van der Waals surface area contributed by atoms with Crippen molar-refractivity contribution in [1.82, 2.24) is 4.90 Å². The van der Waals surface area contributed by atoms with Gasteiger partial charge in [-0.2, -0.15) is 43.5 Å². The Morgan fingerprint density at radius 2 is 1.42 bits per heavy atom. The Labute approximate surface area is 183 Å². The lowest BCUT2D eigenvalue weighted by atomic mass is 10.2. The molecule has 0 saturated carbocycles. The molecule has 0 aliphatic carbocycles. The van der Waals surface area contributed by atoms with Crippen LogP contribution in [-0.4, -0.2) is 72.8 Å². The Kier molecular flexibility index (Phi) is 10.3. The number of rotatable bonds is 12. The Morgan fingerprint density at radius 3 is 1.76 bits per heavy atom. The number of nitrogens with zero attached hydrogens (tertiary/aromatic N) is 1. The molecular formula is C16H21F8NO7S. The maximum absolute atomic E-state index is 13.9. The summed E-state index contributed by atoms with van der Waals surface area (Å²) in [4.78, 5) is 24.8. The monoisotopic (exact) mass is 523 g/mol. The molecule has 0 aromatic rings. The third-order valence-electron chi connectivity index (χ3n) is 3.83. The molecule has 1 amide bonds. The van der Waals surface area contributed by atoms with Gasteiger partial charge in [0, 0.05) is 13.1 Å². The van der Waals surface area contributed by atoms with Gasteiger partial charge in [0.1, 0.15) is 5.57 Å². The molecule has 0 aromatic carbocycles. The van der Waals surface area contributed by atoms with E-state index in [4.69, 9.17) is 4.55 Å². The summed E-state index contributed by atoms with van der Waals surface area (Å²) in [5, 5.41) is -5.06. The van der Waals surface area contributed by atoms with Crippen LogP contribution in [-0.2, 0) is 29.2 Å². The van der Waals surface area contributed by atoms with Crippen molar-refractivity contribution in [3.63, 3.8) is 0 Å². The number of alkyl halides is 8. The predicted molar refractivity (Wildman–Crippen MR) is 94.3 cm³/mol. The van der Waals surface area contributed by atoms with E-state index < -0.39 is 77.1 Å². The van der Waals surface area contributed by atoms with Gasteiger partial charge in [0.05, 0.1) is 13.0 Å². The lowest BCUT2D eigenvalue weighted by Gasteiger charge is -2.37. The van der Waals surface area contributed by atoms with Gasteiger partial charge in [0.15, 0.2) is 0 Å². The molecule has 0 radical (unpaired) electrons. The van der Waals surface area contributed by atoms with Crippen LogP contribution in [0.1, 0.15) is 33.1 Å². The molecule has 0 aliphatic rings. The van der Waals surface area contributed by atoms with Crippen LogP contribution in [0.3, 0.4) is 0 Å². The molecular weight excluding hydrogens is 502 g/mol. The number of halogens is 8. The van der Waals surface area contributed by atoms with Crippen LogP contribution in [0.5, 0.6) is 0 Å². The summed E-state index contributed by atoms with van der Waals surface area (Å²) in [7, 11) is -6.13. The van der Waals surface area contributed by atoms with E-state index in [1.54, 1.807) is 0 Å². The average molecular weight is 523 g/mol. The quantitative estimate of drug-likeness (QED) is 0.137. The van der Waals surface area contributed by atoms with Gasteiger partial charge >= 0.3 is 45.4 Å². The number of ether oxygens (including phenoxy) is 2. The summed E-state index contributed by atoms with van der Waals surface area (Å²) in [6.07, 6.45) is -13.8. The standard InChI is InChI=1S/C16H21F8NO7S/c1-4-7-25(8-5-2)12(27)14(16(22,23)24,32-11(26)10(3)15(19,20)21)31-9-6-13(17,18)33(28,29)30/h3-9H2,1-2H3,(H,28,29,30). The summed E-state index contributed by atoms with van der Waals surface area (Å²) < 4.78 is 144. The minimum atomic E-state index is -6.13. The highest BCUT2D eigenvalue weighted by Gasteiger charge is 2.68. The topological polar surface area (TPSA) is 110 Å². The number of carbonyl (C=O) groups is 2. The molecule has 0 rings (SSSR count). The Balaban J connectivity index is 6.46. The molecule has 0 fully saturated rings. The van der Waals surface area contributed by atoms with Crippen LogP contribution in [0.2, 0.25) is 0 Å². The molecule has 0 spiro atoms. The van der Waals surface area contributed by atoms with Crippen LogP contribution in [0.25, 0.3) is 0 Å². The fourth-order valence-electron chi connectivity index (χ4n) is 2.21. The molecule has 1 unspecified atom stereocenters. The summed E-state index contributed by atoms with van der Waals surface area (Å²) in [5.41, 5.74) is -2.46. The van der Waals surface area contributed by atoms with Gasteiger partial charge in [-0.25, -0.2) is 4.79 Å².